The van der Waals surface area contributed by atoms with Gasteiger partial charge in [0.05, 0.1) is 5.56 Å². The molecule has 26 heavy (non-hydrogen) atoms. The number of piperazine rings is 1. The summed E-state index contributed by atoms with van der Waals surface area (Å²) in [5.74, 6) is -0.193. The molecule has 0 aromatic heterocycles. The molecular weight excluding hydrogens is 348 g/mol. The number of ether oxygens (including phenoxy) is 1. The van der Waals surface area contributed by atoms with Crippen LogP contribution in [0.15, 0.2) is 36.4 Å². The number of carbonyl (C=O) groups is 1. The maximum atomic E-state index is 12.4. The van der Waals surface area contributed by atoms with Crippen molar-refractivity contribution in [3.8, 4) is 0 Å². The number of fused-ring (bicyclic) bond motifs is 1. The molecule has 4 nitrogen and oxygen atoms in total. The Labute approximate surface area is 160 Å². The summed E-state index contributed by atoms with van der Waals surface area (Å²) in [6, 6.07) is 12.7. The quantitative estimate of drug-likeness (QED) is 0.836. The molecule has 5 heteroatoms. The molecule has 4 rings (SSSR count). The highest BCUT2D eigenvalue weighted by molar-refractivity contribution is 5.95. The van der Waals surface area contributed by atoms with E-state index in [0.29, 0.717) is 0 Å². The van der Waals surface area contributed by atoms with E-state index in [4.69, 9.17) is 4.74 Å². The van der Waals surface area contributed by atoms with Gasteiger partial charge in [-0.3, -0.25) is 0 Å². The molecule has 0 saturated carbocycles. The number of nitrogens with one attached hydrogen (secondary N) is 1. The van der Waals surface area contributed by atoms with E-state index >= 15 is 0 Å². The van der Waals surface area contributed by atoms with Crippen LogP contribution in [0, 0.1) is 13.8 Å². The minimum atomic E-state index is -0.193. The number of esters is 1. The molecule has 1 saturated heterocycles. The van der Waals surface area contributed by atoms with E-state index in [9.17, 15) is 4.79 Å². The SMILES string of the molecule is Cc1ccc(CC2OC(=O)c3cc(N4CCNCC4)ccc32)c(C)c1.Cl. The number of cyclic esters (lactones) is 1. The van der Waals surface area contributed by atoms with Gasteiger partial charge in [-0.15, -0.1) is 12.4 Å². The van der Waals surface area contributed by atoms with E-state index in [1.807, 2.05) is 6.07 Å². The lowest BCUT2D eigenvalue weighted by Crippen LogP contribution is -2.43. The van der Waals surface area contributed by atoms with E-state index < -0.39 is 0 Å². The normalized spacial score (nSPS) is 18.9. The number of hydrogen-bond donors (Lipinski definition) is 1. The number of carbonyl (C=O) groups excluding carboxylic acids is 1. The lowest BCUT2D eigenvalue weighted by molar-refractivity contribution is 0.0387. The largest absolute Gasteiger partial charge is 0.454 e. The van der Waals surface area contributed by atoms with Crippen molar-refractivity contribution in [1.29, 1.82) is 0 Å². The highest BCUT2D eigenvalue weighted by Gasteiger charge is 2.32. The number of halogens is 1. The van der Waals surface area contributed by atoms with Crippen LogP contribution >= 0.6 is 12.4 Å². The number of benzene rings is 2. The first-order valence-corrected chi connectivity index (χ1v) is 8.98. The van der Waals surface area contributed by atoms with Gasteiger partial charge in [0.25, 0.3) is 0 Å². The molecule has 2 aromatic rings. The summed E-state index contributed by atoms with van der Waals surface area (Å²) in [4.78, 5) is 14.7. The van der Waals surface area contributed by atoms with Gasteiger partial charge >= 0.3 is 5.97 Å². The van der Waals surface area contributed by atoms with Crippen LogP contribution in [0.3, 0.4) is 0 Å². The third kappa shape index (κ3) is 3.57. The van der Waals surface area contributed by atoms with Crippen LogP contribution in [-0.4, -0.2) is 32.1 Å². The molecular formula is C21H25ClN2O2. The monoisotopic (exact) mass is 372 g/mol. The molecule has 2 aliphatic heterocycles. The van der Waals surface area contributed by atoms with Crippen molar-refractivity contribution in [1.82, 2.24) is 5.32 Å². The predicted molar refractivity (Wildman–Crippen MR) is 107 cm³/mol. The van der Waals surface area contributed by atoms with Crippen molar-refractivity contribution in [3.63, 3.8) is 0 Å². The fraction of sp³-hybridized carbons (Fsp3) is 0.381. The molecule has 1 unspecified atom stereocenters. The number of rotatable bonds is 3. The van der Waals surface area contributed by atoms with Crippen molar-refractivity contribution in [2.24, 2.45) is 0 Å². The second kappa shape index (κ2) is 7.68. The van der Waals surface area contributed by atoms with Crippen LogP contribution in [0.5, 0.6) is 0 Å². The van der Waals surface area contributed by atoms with E-state index in [1.54, 1.807) is 0 Å². The van der Waals surface area contributed by atoms with Gasteiger partial charge in [-0.05, 0) is 37.1 Å². The first-order chi connectivity index (χ1) is 12.1. The Hall–Kier alpha value is -2.04. The average molecular weight is 373 g/mol. The molecule has 1 atom stereocenters. The Morgan fingerprint density at radius 2 is 1.88 bits per heavy atom. The number of nitrogens with zero attached hydrogens (tertiary/aromatic N) is 1. The van der Waals surface area contributed by atoms with Gasteiger partial charge in [0.15, 0.2) is 0 Å². The Morgan fingerprint density at radius 3 is 2.62 bits per heavy atom. The van der Waals surface area contributed by atoms with Crippen LogP contribution in [0.25, 0.3) is 0 Å². The summed E-state index contributed by atoms with van der Waals surface area (Å²) in [7, 11) is 0. The number of aryl methyl sites for hydroxylation is 2. The van der Waals surface area contributed by atoms with Crippen LogP contribution in [0.1, 0.15) is 38.7 Å². The summed E-state index contributed by atoms with van der Waals surface area (Å²) in [6.45, 7) is 8.13. The first-order valence-electron chi connectivity index (χ1n) is 8.98. The van der Waals surface area contributed by atoms with Crippen molar-refractivity contribution < 1.29 is 9.53 Å². The van der Waals surface area contributed by atoms with Gasteiger partial charge in [0.1, 0.15) is 6.10 Å². The maximum Gasteiger partial charge on any atom is 0.339 e. The van der Waals surface area contributed by atoms with E-state index in [2.05, 4.69) is 54.4 Å². The summed E-state index contributed by atoms with van der Waals surface area (Å²) < 4.78 is 5.69. The number of anilines is 1. The third-order valence-electron chi connectivity index (χ3n) is 5.24. The van der Waals surface area contributed by atoms with Gasteiger partial charge in [-0.1, -0.05) is 29.8 Å². The van der Waals surface area contributed by atoms with E-state index in [1.165, 1.54) is 16.7 Å². The zero-order valence-electron chi connectivity index (χ0n) is 15.2. The zero-order valence-corrected chi connectivity index (χ0v) is 16.1. The Kier molecular flexibility index (Phi) is 5.54. The van der Waals surface area contributed by atoms with Crippen molar-refractivity contribution in [2.75, 3.05) is 31.1 Å². The number of hydrogen-bond acceptors (Lipinski definition) is 4. The van der Waals surface area contributed by atoms with Gasteiger partial charge in [0.2, 0.25) is 0 Å². The lowest BCUT2D eigenvalue weighted by atomic mass is 9.95. The van der Waals surface area contributed by atoms with Crippen molar-refractivity contribution in [2.45, 2.75) is 26.4 Å². The van der Waals surface area contributed by atoms with Gasteiger partial charge in [-0.25, -0.2) is 4.79 Å². The minimum absolute atomic E-state index is 0. The molecule has 138 valence electrons. The third-order valence-corrected chi connectivity index (χ3v) is 5.24. The summed E-state index contributed by atoms with van der Waals surface area (Å²) >= 11 is 0. The summed E-state index contributed by atoms with van der Waals surface area (Å²) in [5.41, 5.74) is 6.61. The summed E-state index contributed by atoms with van der Waals surface area (Å²) in [6.07, 6.45) is 0.554. The first kappa shape index (κ1) is 18.7. The molecule has 0 amide bonds. The second-order valence-electron chi connectivity index (χ2n) is 7.04. The molecule has 2 aromatic carbocycles. The van der Waals surface area contributed by atoms with Crippen molar-refractivity contribution >= 4 is 24.1 Å². The molecule has 0 radical (unpaired) electrons. The highest BCUT2D eigenvalue weighted by Crippen LogP contribution is 2.36. The molecule has 2 heterocycles. The highest BCUT2D eigenvalue weighted by atomic mass is 35.5. The Balaban J connectivity index is 0.00000196. The van der Waals surface area contributed by atoms with Crippen LogP contribution in [-0.2, 0) is 11.2 Å². The average Bonchev–Trinajstić information content (AvgIpc) is 2.93. The fourth-order valence-corrected chi connectivity index (χ4v) is 3.80. The van der Waals surface area contributed by atoms with Gasteiger partial charge in [0, 0.05) is 43.9 Å². The molecule has 0 aliphatic carbocycles. The molecule has 1 fully saturated rings. The van der Waals surface area contributed by atoms with Crippen molar-refractivity contribution in [3.05, 3.63) is 64.2 Å². The molecule has 0 spiro atoms. The van der Waals surface area contributed by atoms with E-state index in [-0.39, 0.29) is 24.5 Å². The zero-order chi connectivity index (χ0) is 17.4. The fourth-order valence-electron chi connectivity index (χ4n) is 3.80. The topological polar surface area (TPSA) is 41.6 Å². The maximum absolute atomic E-state index is 12.4. The predicted octanol–water partition coefficient (Wildman–Crippen LogP) is 3.59. The van der Waals surface area contributed by atoms with E-state index in [0.717, 1.165) is 49.4 Å². The lowest BCUT2D eigenvalue weighted by Gasteiger charge is -2.29. The van der Waals surface area contributed by atoms with Gasteiger partial charge in [-0.2, -0.15) is 0 Å². The Bertz CT molecular complexity index is 816. The molecule has 2 aliphatic rings. The van der Waals surface area contributed by atoms with Crippen LogP contribution in [0.4, 0.5) is 5.69 Å². The summed E-state index contributed by atoms with van der Waals surface area (Å²) in [5, 5.41) is 3.36. The van der Waals surface area contributed by atoms with Crippen LogP contribution in [0.2, 0.25) is 0 Å². The standard InChI is InChI=1S/C21H24N2O2.ClH/c1-14-3-4-16(15(2)11-14)12-20-18-6-5-17(13-19(18)21(24)25-20)23-9-7-22-8-10-23;/h3-6,11,13,20,22H,7-10,12H2,1-2H3;1H. The van der Waals surface area contributed by atoms with Crippen LogP contribution < -0.4 is 10.2 Å². The second-order valence-corrected chi connectivity index (χ2v) is 7.04. The smallest absolute Gasteiger partial charge is 0.339 e. The van der Waals surface area contributed by atoms with Gasteiger partial charge < -0.3 is 15.0 Å². The molecule has 1 N–H and O–H groups in total. The minimum Gasteiger partial charge on any atom is -0.454 e. The molecule has 0 bridgehead atoms. The Morgan fingerprint density at radius 1 is 1.12 bits per heavy atom.